The molecule has 0 saturated carbocycles. The number of halogens is 1. The van der Waals surface area contributed by atoms with Crippen molar-refractivity contribution in [3.63, 3.8) is 0 Å². The van der Waals surface area contributed by atoms with Gasteiger partial charge in [0.25, 0.3) is 5.56 Å². The summed E-state index contributed by atoms with van der Waals surface area (Å²) in [6.07, 6.45) is 9.50. The summed E-state index contributed by atoms with van der Waals surface area (Å²) in [4.78, 5) is 18.8. The second-order valence-corrected chi connectivity index (χ2v) is 7.31. The van der Waals surface area contributed by atoms with Crippen LogP contribution >= 0.6 is 11.6 Å². The molecule has 0 amide bonds. The molecular formula is C20H22ClN3O2. The number of aromatic nitrogens is 2. The van der Waals surface area contributed by atoms with Crippen molar-refractivity contribution in [2.75, 3.05) is 19.6 Å². The van der Waals surface area contributed by atoms with E-state index in [0.717, 1.165) is 44.4 Å². The van der Waals surface area contributed by atoms with Crippen molar-refractivity contribution in [2.24, 2.45) is 0 Å². The minimum Gasteiger partial charge on any atom is -0.497 e. The molecule has 2 aromatic rings. The van der Waals surface area contributed by atoms with E-state index in [4.69, 9.17) is 16.3 Å². The van der Waals surface area contributed by atoms with Gasteiger partial charge in [0.2, 0.25) is 0 Å². The van der Waals surface area contributed by atoms with E-state index in [1.807, 2.05) is 25.3 Å². The van der Waals surface area contributed by atoms with E-state index in [0.29, 0.717) is 16.2 Å². The average Bonchev–Trinajstić information content (AvgIpc) is 2.64. The Hall–Kier alpha value is -2.11. The largest absolute Gasteiger partial charge is 0.497 e. The fourth-order valence-electron chi connectivity index (χ4n) is 3.75. The molecule has 5 nitrogen and oxygen atoms in total. The number of nitrogens with zero attached hydrogens (tertiary/aromatic N) is 3. The number of aryl methyl sites for hydroxylation is 1. The molecule has 0 N–H and O–H groups in total. The topological polar surface area (TPSA) is 47.4 Å². The maximum Gasteiger partial charge on any atom is 0.280 e. The fourth-order valence-corrected chi connectivity index (χ4v) is 3.92. The highest BCUT2D eigenvalue weighted by atomic mass is 35.5. The quantitative estimate of drug-likeness (QED) is 0.827. The molecule has 0 spiro atoms. The molecular weight excluding hydrogens is 350 g/mol. The predicted molar refractivity (Wildman–Crippen MR) is 104 cm³/mol. The van der Waals surface area contributed by atoms with Crippen LogP contribution in [0.25, 0.3) is 16.6 Å². The summed E-state index contributed by atoms with van der Waals surface area (Å²) in [5.41, 5.74) is 1.83. The first kappa shape index (κ1) is 17.3. The standard InChI is InChI=1S/C20H22ClN3O2/c1-14-22-20(25)18-12-15(21)5-6-19(18)24(14)16-7-9-23(10-8-16)13-17-4-2-3-11-26-17/h3,5-7,11-12,17H,2,4,8-10,13H2,1H3/t17-/m0/s1. The Kier molecular flexibility index (Phi) is 4.83. The van der Waals surface area contributed by atoms with Gasteiger partial charge < -0.3 is 9.30 Å². The molecule has 1 aromatic carbocycles. The molecule has 136 valence electrons. The zero-order chi connectivity index (χ0) is 18.1. The van der Waals surface area contributed by atoms with Gasteiger partial charge in [-0.25, -0.2) is 0 Å². The molecule has 3 heterocycles. The van der Waals surface area contributed by atoms with Crippen molar-refractivity contribution in [2.45, 2.75) is 32.3 Å². The Morgan fingerprint density at radius 3 is 3.00 bits per heavy atom. The van der Waals surface area contributed by atoms with Crippen LogP contribution in [0.15, 0.2) is 41.4 Å². The molecule has 4 rings (SSSR count). The van der Waals surface area contributed by atoms with Crippen molar-refractivity contribution < 1.29 is 4.74 Å². The second-order valence-electron chi connectivity index (χ2n) is 6.87. The maximum absolute atomic E-state index is 12.2. The minimum absolute atomic E-state index is 0.225. The Labute approximate surface area is 157 Å². The number of hydrogen-bond donors (Lipinski definition) is 0. The molecule has 1 aromatic heterocycles. The van der Waals surface area contributed by atoms with Crippen LogP contribution in [0.3, 0.4) is 0 Å². The highest BCUT2D eigenvalue weighted by Gasteiger charge is 2.20. The number of rotatable bonds is 3. The van der Waals surface area contributed by atoms with Gasteiger partial charge >= 0.3 is 0 Å². The lowest BCUT2D eigenvalue weighted by atomic mass is 10.1. The molecule has 2 aliphatic heterocycles. The van der Waals surface area contributed by atoms with E-state index in [1.165, 1.54) is 5.70 Å². The summed E-state index contributed by atoms with van der Waals surface area (Å²) >= 11 is 6.07. The summed E-state index contributed by atoms with van der Waals surface area (Å²) in [7, 11) is 0. The van der Waals surface area contributed by atoms with Crippen molar-refractivity contribution >= 4 is 28.2 Å². The molecule has 0 fully saturated rings. The third-order valence-electron chi connectivity index (χ3n) is 5.06. The van der Waals surface area contributed by atoms with Gasteiger partial charge in [-0.1, -0.05) is 17.7 Å². The predicted octanol–water partition coefficient (Wildman–Crippen LogP) is 3.60. The summed E-state index contributed by atoms with van der Waals surface area (Å²) in [5.74, 6) is 0.713. The third kappa shape index (κ3) is 3.41. The molecule has 0 bridgehead atoms. The Bertz CT molecular complexity index is 948. The number of benzene rings is 1. The van der Waals surface area contributed by atoms with E-state index < -0.39 is 0 Å². The first-order valence-electron chi connectivity index (χ1n) is 9.03. The first-order chi connectivity index (χ1) is 12.6. The van der Waals surface area contributed by atoms with Gasteiger partial charge in [-0.05, 0) is 44.0 Å². The monoisotopic (exact) mass is 371 g/mol. The van der Waals surface area contributed by atoms with E-state index in [9.17, 15) is 4.79 Å². The lowest BCUT2D eigenvalue weighted by molar-refractivity contribution is 0.0826. The van der Waals surface area contributed by atoms with Gasteiger partial charge in [-0.2, -0.15) is 4.98 Å². The molecule has 0 saturated heterocycles. The third-order valence-corrected chi connectivity index (χ3v) is 5.29. The van der Waals surface area contributed by atoms with Crippen LogP contribution in [0, 0.1) is 6.92 Å². The molecule has 2 aliphatic rings. The van der Waals surface area contributed by atoms with Gasteiger partial charge in [0.1, 0.15) is 11.9 Å². The lowest BCUT2D eigenvalue weighted by Gasteiger charge is -2.31. The van der Waals surface area contributed by atoms with Crippen molar-refractivity contribution in [1.29, 1.82) is 0 Å². The van der Waals surface area contributed by atoms with Gasteiger partial charge in [0, 0.05) is 36.8 Å². The van der Waals surface area contributed by atoms with E-state index in [2.05, 4.69) is 26.6 Å². The highest BCUT2D eigenvalue weighted by molar-refractivity contribution is 6.31. The molecule has 26 heavy (non-hydrogen) atoms. The van der Waals surface area contributed by atoms with Gasteiger partial charge in [0.15, 0.2) is 0 Å². The highest BCUT2D eigenvalue weighted by Crippen LogP contribution is 2.24. The van der Waals surface area contributed by atoms with Gasteiger partial charge in [0.05, 0.1) is 17.2 Å². The smallest absolute Gasteiger partial charge is 0.280 e. The van der Waals surface area contributed by atoms with Crippen LogP contribution in [0.4, 0.5) is 0 Å². The first-order valence-corrected chi connectivity index (χ1v) is 9.41. The number of ether oxygens (including phenoxy) is 1. The molecule has 1 atom stereocenters. The van der Waals surface area contributed by atoms with Gasteiger partial charge in [-0.15, -0.1) is 0 Å². The van der Waals surface area contributed by atoms with Crippen LogP contribution in [0.5, 0.6) is 0 Å². The van der Waals surface area contributed by atoms with Crippen molar-refractivity contribution in [3.05, 3.63) is 57.8 Å². The Balaban J connectivity index is 1.60. The number of fused-ring (bicyclic) bond motifs is 1. The molecule has 6 heteroatoms. The van der Waals surface area contributed by atoms with Crippen molar-refractivity contribution in [1.82, 2.24) is 14.5 Å². The zero-order valence-electron chi connectivity index (χ0n) is 14.8. The Morgan fingerprint density at radius 2 is 2.27 bits per heavy atom. The average molecular weight is 372 g/mol. The SMILES string of the molecule is Cc1nc(=O)c2cc(Cl)ccc2n1C1=CCN(C[C@@H]2CCC=CO2)CC1. The number of allylic oxidation sites excluding steroid dienone is 1. The lowest BCUT2D eigenvalue weighted by Crippen LogP contribution is -2.37. The summed E-state index contributed by atoms with van der Waals surface area (Å²) in [5, 5.41) is 1.12. The second kappa shape index (κ2) is 7.25. The van der Waals surface area contributed by atoms with Gasteiger partial charge in [-0.3, -0.25) is 9.69 Å². The van der Waals surface area contributed by atoms with Crippen LogP contribution in [-0.2, 0) is 4.74 Å². The summed E-state index contributed by atoms with van der Waals surface area (Å²) in [6, 6.07) is 5.43. The van der Waals surface area contributed by atoms with Crippen LogP contribution in [-0.4, -0.2) is 40.2 Å². The van der Waals surface area contributed by atoms with E-state index >= 15 is 0 Å². The molecule has 0 radical (unpaired) electrons. The molecule has 0 aliphatic carbocycles. The number of hydrogen-bond acceptors (Lipinski definition) is 4. The Morgan fingerprint density at radius 1 is 1.38 bits per heavy atom. The van der Waals surface area contributed by atoms with Crippen molar-refractivity contribution in [3.8, 4) is 0 Å². The molecule has 0 unspecified atom stereocenters. The van der Waals surface area contributed by atoms with E-state index in [1.54, 1.807) is 6.07 Å². The zero-order valence-corrected chi connectivity index (χ0v) is 15.6. The van der Waals surface area contributed by atoms with E-state index in [-0.39, 0.29) is 11.7 Å². The van der Waals surface area contributed by atoms with Crippen LogP contribution in [0.1, 0.15) is 25.1 Å². The van der Waals surface area contributed by atoms with Crippen LogP contribution < -0.4 is 5.56 Å². The maximum atomic E-state index is 12.2. The summed E-state index contributed by atoms with van der Waals surface area (Å²) < 4.78 is 7.78. The normalized spacial score (nSPS) is 20.8. The summed E-state index contributed by atoms with van der Waals surface area (Å²) in [6.45, 7) is 4.67. The fraction of sp³-hybridized carbons (Fsp3) is 0.400. The minimum atomic E-state index is -0.225. The van der Waals surface area contributed by atoms with Crippen LogP contribution in [0.2, 0.25) is 5.02 Å².